The minimum Gasteiger partial charge on any atom is -0.456 e. The molecule has 0 aliphatic heterocycles. The molecule has 0 bridgehead atoms. The lowest BCUT2D eigenvalue weighted by atomic mass is 9.63. The maximum Gasteiger partial charge on any atom is 0.135 e. The summed E-state index contributed by atoms with van der Waals surface area (Å²) in [5.41, 5.74) is 5.19. The molecule has 3 aromatic rings. The van der Waals surface area contributed by atoms with Crippen molar-refractivity contribution in [3.63, 3.8) is 0 Å². The highest BCUT2D eigenvalue weighted by Crippen LogP contribution is 2.48. The molecule has 1 aliphatic carbocycles. The lowest BCUT2D eigenvalue weighted by Crippen LogP contribution is -2.33. The van der Waals surface area contributed by atoms with Gasteiger partial charge in [-0.2, -0.15) is 0 Å². The Morgan fingerprint density at radius 1 is 0.818 bits per heavy atom. The molecular formula is C20H21ClO. The monoisotopic (exact) mass is 312 g/mol. The van der Waals surface area contributed by atoms with E-state index >= 15 is 0 Å². The van der Waals surface area contributed by atoms with E-state index in [9.17, 15) is 0 Å². The third-order valence-corrected chi connectivity index (χ3v) is 5.64. The van der Waals surface area contributed by atoms with Crippen LogP contribution in [0.25, 0.3) is 21.9 Å². The van der Waals surface area contributed by atoms with Gasteiger partial charge in [0.1, 0.15) is 11.2 Å². The van der Waals surface area contributed by atoms with Crippen LogP contribution in [-0.4, -0.2) is 0 Å². The first kappa shape index (κ1) is 14.1. The van der Waals surface area contributed by atoms with Crippen molar-refractivity contribution in [1.82, 2.24) is 0 Å². The molecule has 0 atom stereocenters. The Morgan fingerprint density at radius 2 is 1.41 bits per heavy atom. The van der Waals surface area contributed by atoms with Gasteiger partial charge in [0.05, 0.1) is 0 Å². The van der Waals surface area contributed by atoms with E-state index in [1.54, 1.807) is 0 Å². The topological polar surface area (TPSA) is 13.1 Å². The van der Waals surface area contributed by atoms with E-state index in [0.29, 0.717) is 0 Å². The van der Waals surface area contributed by atoms with Gasteiger partial charge in [0.25, 0.3) is 0 Å². The predicted octanol–water partition coefficient (Wildman–Crippen LogP) is 6.59. The van der Waals surface area contributed by atoms with Gasteiger partial charge < -0.3 is 4.42 Å². The predicted molar refractivity (Wildman–Crippen MR) is 94.0 cm³/mol. The van der Waals surface area contributed by atoms with Crippen molar-refractivity contribution < 1.29 is 4.42 Å². The number of hydrogen-bond donors (Lipinski definition) is 0. The molecule has 0 fully saturated rings. The van der Waals surface area contributed by atoms with E-state index < -0.39 is 0 Å². The van der Waals surface area contributed by atoms with Crippen LogP contribution < -0.4 is 0 Å². The van der Waals surface area contributed by atoms with Gasteiger partial charge in [0.15, 0.2) is 0 Å². The minimum absolute atomic E-state index is 0.204. The van der Waals surface area contributed by atoms with Gasteiger partial charge in [-0.3, -0.25) is 0 Å². The molecule has 1 aromatic heterocycles. The smallest absolute Gasteiger partial charge is 0.135 e. The summed E-state index contributed by atoms with van der Waals surface area (Å²) in [5, 5.41) is 3.05. The molecule has 1 heterocycles. The molecule has 0 amide bonds. The van der Waals surface area contributed by atoms with Gasteiger partial charge in [-0.05, 0) is 65.1 Å². The van der Waals surface area contributed by atoms with Gasteiger partial charge in [-0.25, -0.2) is 0 Å². The molecular weight excluding hydrogens is 292 g/mol. The van der Waals surface area contributed by atoms with Crippen molar-refractivity contribution in [3.05, 3.63) is 46.5 Å². The lowest BCUT2D eigenvalue weighted by molar-refractivity contribution is 0.332. The summed E-state index contributed by atoms with van der Waals surface area (Å²) in [7, 11) is 0. The highest BCUT2D eigenvalue weighted by atomic mass is 35.5. The second kappa shape index (κ2) is 4.29. The van der Waals surface area contributed by atoms with E-state index in [-0.39, 0.29) is 10.8 Å². The highest BCUT2D eigenvalue weighted by molar-refractivity contribution is 6.31. The van der Waals surface area contributed by atoms with Crippen molar-refractivity contribution in [2.24, 2.45) is 0 Å². The van der Waals surface area contributed by atoms with Gasteiger partial charge in [0, 0.05) is 15.8 Å². The van der Waals surface area contributed by atoms with Crippen LogP contribution in [0.15, 0.2) is 34.7 Å². The quantitative estimate of drug-likeness (QED) is 0.456. The van der Waals surface area contributed by atoms with E-state index in [4.69, 9.17) is 16.0 Å². The SMILES string of the molecule is CC1(C)CCC(C)(C)c2cc3c(cc21)oc1ccc(Cl)cc13. The molecule has 0 spiro atoms. The molecule has 22 heavy (non-hydrogen) atoms. The minimum atomic E-state index is 0.204. The Morgan fingerprint density at radius 3 is 2.09 bits per heavy atom. The highest BCUT2D eigenvalue weighted by Gasteiger charge is 2.37. The van der Waals surface area contributed by atoms with Crippen LogP contribution in [0.4, 0.5) is 0 Å². The Labute approximate surface area is 136 Å². The molecule has 1 aliphatic rings. The average Bonchev–Trinajstić information content (AvgIpc) is 2.80. The van der Waals surface area contributed by atoms with E-state index in [2.05, 4.69) is 39.8 Å². The zero-order chi connectivity index (χ0) is 15.7. The second-order valence-corrected chi connectivity index (χ2v) is 8.34. The Bertz CT molecular complexity index is 899. The van der Waals surface area contributed by atoms with Crippen molar-refractivity contribution in [3.8, 4) is 0 Å². The van der Waals surface area contributed by atoms with Crippen molar-refractivity contribution >= 4 is 33.5 Å². The molecule has 0 radical (unpaired) electrons. The number of furan rings is 1. The number of benzene rings is 2. The van der Waals surface area contributed by atoms with Crippen LogP contribution in [0.1, 0.15) is 51.7 Å². The average molecular weight is 313 g/mol. The fourth-order valence-electron chi connectivity index (χ4n) is 3.81. The summed E-state index contributed by atoms with van der Waals surface area (Å²) in [6, 6.07) is 10.5. The number of hydrogen-bond acceptors (Lipinski definition) is 1. The molecule has 1 nitrogen and oxygen atoms in total. The van der Waals surface area contributed by atoms with Crippen LogP contribution in [0.5, 0.6) is 0 Å². The van der Waals surface area contributed by atoms with E-state index in [1.165, 1.54) is 29.4 Å². The fraction of sp³-hybridized carbons (Fsp3) is 0.400. The Balaban J connectivity index is 2.12. The van der Waals surface area contributed by atoms with Crippen molar-refractivity contribution in [2.45, 2.75) is 51.4 Å². The molecule has 0 unspecified atom stereocenters. The molecule has 2 aromatic carbocycles. The van der Waals surface area contributed by atoms with Crippen LogP contribution in [0.3, 0.4) is 0 Å². The summed E-state index contributed by atoms with van der Waals surface area (Å²) in [4.78, 5) is 0. The lowest BCUT2D eigenvalue weighted by Gasteiger charge is -2.41. The summed E-state index contributed by atoms with van der Waals surface area (Å²) in [5.74, 6) is 0. The molecule has 0 saturated heterocycles. The van der Waals surface area contributed by atoms with Gasteiger partial charge in [-0.15, -0.1) is 0 Å². The molecule has 0 N–H and O–H groups in total. The molecule has 0 saturated carbocycles. The zero-order valence-electron chi connectivity index (χ0n) is 13.6. The second-order valence-electron chi connectivity index (χ2n) is 7.90. The maximum atomic E-state index is 6.18. The van der Waals surface area contributed by atoms with E-state index in [0.717, 1.165) is 21.6 Å². The third kappa shape index (κ3) is 1.91. The standard InChI is InChI=1S/C20H21ClO/c1-19(2)7-8-20(3,4)16-11-18-14(10-15(16)19)13-9-12(21)5-6-17(13)22-18/h5-6,9-11H,7-8H2,1-4H3. The first-order valence-electron chi connectivity index (χ1n) is 7.95. The third-order valence-electron chi connectivity index (χ3n) is 5.40. The number of rotatable bonds is 0. The number of halogens is 1. The zero-order valence-corrected chi connectivity index (χ0v) is 14.3. The normalized spacial score (nSPS) is 19.5. The van der Waals surface area contributed by atoms with E-state index in [1.807, 2.05) is 18.2 Å². The first-order valence-corrected chi connectivity index (χ1v) is 8.33. The summed E-state index contributed by atoms with van der Waals surface area (Å²) in [6.45, 7) is 9.38. The Hall–Kier alpha value is -1.47. The molecule has 114 valence electrons. The largest absolute Gasteiger partial charge is 0.456 e. The fourth-order valence-corrected chi connectivity index (χ4v) is 3.98. The summed E-state index contributed by atoms with van der Waals surface area (Å²) in [6.07, 6.45) is 2.43. The van der Waals surface area contributed by atoms with Gasteiger partial charge >= 0.3 is 0 Å². The van der Waals surface area contributed by atoms with Gasteiger partial charge in [0.2, 0.25) is 0 Å². The maximum absolute atomic E-state index is 6.18. The molecule has 2 heteroatoms. The number of fused-ring (bicyclic) bond motifs is 4. The Kier molecular flexibility index (Phi) is 2.76. The summed E-state index contributed by atoms with van der Waals surface area (Å²) >= 11 is 6.18. The van der Waals surface area contributed by atoms with Gasteiger partial charge in [-0.1, -0.05) is 39.3 Å². The van der Waals surface area contributed by atoms with Crippen LogP contribution in [-0.2, 0) is 10.8 Å². The van der Waals surface area contributed by atoms with Crippen molar-refractivity contribution in [1.29, 1.82) is 0 Å². The van der Waals surface area contributed by atoms with Crippen LogP contribution in [0.2, 0.25) is 5.02 Å². The van der Waals surface area contributed by atoms with Crippen molar-refractivity contribution in [2.75, 3.05) is 0 Å². The summed E-state index contributed by atoms with van der Waals surface area (Å²) < 4.78 is 6.08. The first-order chi connectivity index (χ1) is 10.3. The molecule has 4 rings (SSSR count). The van der Waals surface area contributed by atoms with Crippen LogP contribution in [0, 0.1) is 0 Å². The van der Waals surface area contributed by atoms with Crippen LogP contribution >= 0.6 is 11.6 Å².